The molecule has 1 aromatic heterocycles. The lowest BCUT2D eigenvalue weighted by atomic mass is 10.1. The number of carbonyl (C=O) groups excluding carboxylic acids is 2. The van der Waals surface area contributed by atoms with Crippen molar-refractivity contribution in [1.82, 2.24) is 15.1 Å². The number of nitrogens with one attached hydrogen (secondary N) is 1. The highest BCUT2D eigenvalue weighted by atomic mass is 32.1. The summed E-state index contributed by atoms with van der Waals surface area (Å²) in [7, 11) is 1.64. The second kappa shape index (κ2) is 8.94. The van der Waals surface area contributed by atoms with Gasteiger partial charge in [0.2, 0.25) is 16.9 Å². The molecule has 2 aromatic rings. The maximum absolute atomic E-state index is 12.5. The quantitative estimate of drug-likeness (QED) is 0.752. The first kappa shape index (κ1) is 19.3. The monoisotopic (exact) mass is 388 g/mol. The van der Waals surface area contributed by atoms with Crippen molar-refractivity contribution in [2.24, 2.45) is 5.92 Å². The Hall–Kier alpha value is -2.48. The molecule has 0 radical (unpaired) electrons. The molecule has 0 bridgehead atoms. The van der Waals surface area contributed by atoms with Crippen LogP contribution >= 0.6 is 11.3 Å². The molecule has 1 aliphatic rings. The van der Waals surface area contributed by atoms with Crippen LogP contribution in [0.2, 0.25) is 0 Å². The molecule has 2 heterocycles. The smallest absolute Gasteiger partial charge is 0.231 e. The molecule has 0 aliphatic carbocycles. The highest BCUT2D eigenvalue weighted by Gasteiger charge is 2.34. The first-order chi connectivity index (χ1) is 13.1. The number of likely N-dealkylation sites (tertiary alicyclic amines) is 1. The Balaban J connectivity index is 1.57. The number of methoxy groups -OCH3 is 1. The second-order valence-corrected chi connectivity index (χ2v) is 7.64. The van der Waals surface area contributed by atoms with Gasteiger partial charge in [-0.05, 0) is 12.5 Å². The normalized spacial score (nSPS) is 16.6. The van der Waals surface area contributed by atoms with Gasteiger partial charge in [0.05, 0.1) is 13.0 Å². The van der Waals surface area contributed by atoms with Crippen molar-refractivity contribution in [2.45, 2.75) is 32.6 Å². The van der Waals surface area contributed by atoms with Gasteiger partial charge < -0.3 is 15.0 Å². The number of anilines is 1. The predicted octanol–water partition coefficient (Wildman–Crippen LogP) is 2.72. The summed E-state index contributed by atoms with van der Waals surface area (Å²) < 4.78 is 5.35. The average molecular weight is 388 g/mol. The minimum absolute atomic E-state index is 0.0534. The van der Waals surface area contributed by atoms with E-state index in [-0.39, 0.29) is 24.2 Å². The fourth-order valence-corrected chi connectivity index (χ4v) is 3.87. The highest BCUT2D eigenvalue weighted by molar-refractivity contribution is 7.15. The minimum Gasteiger partial charge on any atom is -0.496 e. The molecule has 0 saturated carbocycles. The number of unbranched alkanes of at least 4 members (excludes halogenated alkanes) is 1. The molecule has 0 spiro atoms. The number of hydrogen-bond acceptors (Lipinski definition) is 6. The third-order valence-electron chi connectivity index (χ3n) is 4.60. The molecular weight excluding hydrogens is 364 g/mol. The van der Waals surface area contributed by atoms with E-state index in [2.05, 4.69) is 22.4 Å². The summed E-state index contributed by atoms with van der Waals surface area (Å²) in [6.45, 7) is 3.29. The number of benzene rings is 1. The number of rotatable bonds is 8. The van der Waals surface area contributed by atoms with Crippen LogP contribution in [0.5, 0.6) is 5.75 Å². The van der Waals surface area contributed by atoms with Crippen LogP contribution in [0.25, 0.3) is 0 Å². The summed E-state index contributed by atoms with van der Waals surface area (Å²) in [4.78, 5) is 26.3. The molecule has 3 rings (SSSR count). The lowest BCUT2D eigenvalue weighted by Crippen LogP contribution is -2.29. The molecule has 1 fully saturated rings. The van der Waals surface area contributed by atoms with E-state index in [1.54, 1.807) is 12.0 Å². The van der Waals surface area contributed by atoms with E-state index >= 15 is 0 Å². The van der Waals surface area contributed by atoms with E-state index in [4.69, 9.17) is 4.74 Å². The van der Waals surface area contributed by atoms with Gasteiger partial charge in [0.15, 0.2) is 0 Å². The largest absolute Gasteiger partial charge is 0.496 e. The van der Waals surface area contributed by atoms with Crippen LogP contribution in [-0.4, -0.2) is 47.1 Å². The first-order valence-corrected chi connectivity index (χ1v) is 9.95. The molecule has 1 aliphatic heterocycles. The van der Waals surface area contributed by atoms with Crippen molar-refractivity contribution < 1.29 is 14.3 Å². The van der Waals surface area contributed by atoms with Crippen molar-refractivity contribution in [3.8, 4) is 5.75 Å². The maximum atomic E-state index is 12.5. The van der Waals surface area contributed by atoms with E-state index < -0.39 is 0 Å². The summed E-state index contributed by atoms with van der Waals surface area (Å²) >= 11 is 1.34. The molecule has 144 valence electrons. The summed E-state index contributed by atoms with van der Waals surface area (Å²) in [6, 6.07) is 7.75. The van der Waals surface area contributed by atoms with Gasteiger partial charge >= 0.3 is 0 Å². The third kappa shape index (κ3) is 4.82. The Morgan fingerprint density at radius 2 is 2.19 bits per heavy atom. The van der Waals surface area contributed by atoms with Gasteiger partial charge in [-0.2, -0.15) is 0 Å². The van der Waals surface area contributed by atoms with E-state index in [1.807, 2.05) is 24.3 Å². The lowest BCUT2D eigenvalue weighted by Gasteiger charge is -2.15. The summed E-state index contributed by atoms with van der Waals surface area (Å²) in [5.41, 5.74) is 1.02. The van der Waals surface area contributed by atoms with Crippen LogP contribution in [-0.2, 0) is 16.0 Å². The Labute approximate surface area is 162 Å². The number of carbonyl (C=O) groups is 2. The molecule has 0 unspecified atom stereocenters. The van der Waals surface area contributed by atoms with Crippen LogP contribution in [0.1, 0.15) is 36.8 Å². The van der Waals surface area contributed by atoms with E-state index in [0.717, 1.165) is 35.7 Å². The number of hydrogen-bond donors (Lipinski definition) is 1. The zero-order valence-corrected chi connectivity index (χ0v) is 16.4. The van der Waals surface area contributed by atoms with E-state index in [0.29, 0.717) is 18.1 Å². The number of aromatic nitrogens is 2. The fourth-order valence-electron chi connectivity index (χ4n) is 3.11. The Morgan fingerprint density at radius 3 is 2.96 bits per heavy atom. The van der Waals surface area contributed by atoms with Crippen LogP contribution in [0.3, 0.4) is 0 Å². The van der Waals surface area contributed by atoms with Gasteiger partial charge in [0.1, 0.15) is 10.8 Å². The molecule has 27 heavy (non-hydrogen) atoms. The molecular formula is C19H24N4O3S. The van der Waals surface area contributed by atoms with Crippen LogP contribution in [0.4, 0.5) is 5.13 Å². The predicted molar refractivity (Wildman–Crippen MR) is 104 cm³/mol. The van der Waals surface area contributed by atoms with Gasteiger partial charge in [0.25, 0.3) is 0 Å². The average Bonchev–Trinajstić information content (AvgIpc) is 3.26. The van der Waals surface area contributed by atoms with Crippen molar-refractivity contribution >= 4 is 28.3 Å². The zero-order valence-electron chi connectivity index (χ0n) is 15.6. The van der Waals surface area contributed by atoms with E-state index in [1.165, 1.54) is 11.3 Å². The lowest BCUT2D eigenvalue weighted by molar-refractivity contribution is -0.128. The van der Waals surface area contributed by atoms with Crippen molar-refractivity contribution in [3.63, 3.8) is 0 Å². The Bertz CT molecular complexity index is 808. The maximum Gasteiger partial charge on any atom is 0.231 e. The zero-order chi connectivity index (χ0) is 19.2. The van der Waals surface area contributed by atoms with Gasteiger partial charge in [-0.3, -0.25) is 9.59 Å². The highest BCUT2D eigenvalue weighted by Crippen LogP contribution is 2.25. The molecule has 1 saturated heterocycles. The van der Waals surface area contributed by atoms with E-state index in [9.17, 15) is 9.59 Å². The molecule has 7 nitrogen and oxygen atoms in total. The molecule has 1 atom stereocenters. The van der Waals surface area contributed by atoms with Crippen LogP contribution in [0.15, 0.2) is 24.3 Å². The third-order valence-corrected chi connectivity index (χ3v) is 5.44. The minimum atomic E-state index is -0.323. The fraction of sp³-hybridized carbons (Fsp3) is 0.474. The van der Waals surface area contributed by atoms with Crippen molar-refractivity contribution in [3.05, 3.63) is 34.8 Å². The molecule has 8 heteroatoms. The number of nitrogens with zero attached hydrogens (tertiary/aromatic N) is 3. The number of amides is 2. The molecule has 1 N–H and O–H groups in total. The van der Waals surface area contributed by atoms with Gasteiger partial charge in [0, 0.05) is 31.5 Å². The second-order valence-electron chi connectivity index (χ2n) is 6.57. The van der Waals surface area contributed by atoms with Gasteiger partial charge in [-0.15, -0.1) is 10.2 Å². The van der Waals surface area contributed by atoms with Crippen LogP contribution < -0.4 is 10.1 Å². The van der Waals surface area contributed by atoms with Crippen molar-refractivity contribution in [1.29, 1.82) is 0 Å². The first-order valence-electron chi connectivity index (χ1n) is 9.13. The number of ether oxygens (including phenoxy) is 1. The summed E-state index contributed by atoms with van der Waals surface area (Å²) in [6.07, 6.45) is 2.84. The van der Waals surface area contributed by atoms with Gasteiger partial charge in [-0.1, -0.05) is 42.9 Å². The topological polar surface area (TPSA) is 84.4 Å². The molecule has 1 aromatic carbocycles. The SMILES string of the molecule is CCCCN1C[C@H](C(=O)Nc2nnc(Cc3ccccc3OC)s2)CC1=O. The van der Waals surface area contributed by atoms with Gasteiger partial charge in [-0.25, -0.2) is 0 Å². The van der Waals surface area contributed by atoms with Crippen LogP contribution in [0, 0.1) is 5.92 Å². The Morgan fingerprint density at radius 1 is 1.37 bits per heavy atom. The summed E-state index contributed by atoms with van der Waals surface area (Å²) in [5.74, 6) is 0.367. The van der Waals surface area contributed by atoms with Crippen molar-refractivity contribution in [2.75, 3.05) is 25.5 Å². The molecule has 2 amide bonds. The summed E-state index contributed by atoms with van der Waals surface area (Å²) in [5, 5.41) is 12.3. The number of para-hydroxylation sites is 1. The standard InChI is InChI=1S/C19H24N4O3S/c1-3-4-9-23-12-14(11-17(23)24)18(25)20-19-22-21-16(27-19)10-13-7-5-6-8-15(13)26-2/h5-8,14H,3-4,9-12H2,1-2H3,(H,20,22,25)/t14-/m1/s1. The Kier molecular flexibility index (Phi) is 6.39.